The summed E-state index contributed by atoms with van der Waals surface area (Å²) >= 11 is 7.80. The lowest BCUT2D eigenvalue weighted by Gasteiger charge is -2.48. The van der Waals surface area contributed by atoms with Crippen molar-refractivity contribution < 1.29 is 14.3 Å². The van der Waals surface area contributed by atoms with Gasteiger partial charge in [-0.25, -0.2) is 4.39 Å². The van der Waals surface area contributed by atoms with E-state index in [1.165, 1.54) is 23.7 Å². The second kappa shape index (κ2) is 7.46. The first-order valence-corrected chi connectivity index (χ1v) is 11.1. The van der Waals surface area contributed by atoms with Gasteiger partial charge in [-0.3, -0.25) is 4.79 Å². The summed E-state index contributed by atoms with van der Waals surface area (Å²) in [7, 11) is 0. The van der Waals surface area contributed by atoms with E-state index in [0.29, 0.717) is 24.0 Å². The number of hydrogen-bond donors (Lipinski definition) is 2. The molecule has 0 spiro atoms. The van der Waals surface area contributed by atoms with Gasteiger partial charge in [0.15, 0.2) is 5.82 Å². The fourth-order valence-electron chi connectivity index (χ4n) is 4.34. The Morgan fingerprint density at radius 2 is 2.06 bits per heavy atom. The SMILES string of the molecule is C=CC(=O)NC1(C)CN(c2snc3c(F)c(-c4cc(O)cc5ccccc45)c(Cl)cc23)C1. The highest BCUT2D eigenvalue weighted by Crippen LogP contribution is 2.44. The summed E-state index contributed by atoms with van der Waals surface area (Å²) < 4.78 is 20.1. The number of carbonyl (C=O) groups is 1. The number of amides is 1. The van der Waals surface area contributed by atoms with Gasteiger partial charge in [0.1, 0.15) is 16.3 Å². The molecule has 0 aliphatic carbocycles. The third-order valence-electron chi connectivity index (χ3n) is 5.74. The van der Waals surface area contributed by atoms with E-state index in [1.54, 1.807) is 12.1 Å². The highest BCUT2D eigenvalue weighted by molar-refractivity contribution is 7.11. The molecule has 3 aromatic carbocycles. The normalized spacial score (nSPS) is 15.0. The smallest absolute Gasteiger partial charge is 0.243 e. The summed E-state index contributed by atoms with van der Waals surface area (Å²) in [6.45, 7) is 6.58. The van der Waals surface area contributed by atoms with Crippen molar-refractivity contribution in [3.05, 3.63) is 66.0 Å². The Hall–Kier alpha value is -3.16. The fourth-order valence-corrected chi connectivity index (χ4v) is 5.49. The van der Waals surface area contributed by atoms with Gasteiger partial charge in [-0.2, -0.15) is 4.37 Å². The second-order valence-corrected chi connectivity index (χ2v) is 9.41. The monoisotopic (exact) mass is 467 g/mol. The number of anilines is 1. The molecule has 8 heteroatoms. The maximum atomic E-state index is 15.7. The summed E-state index contributed by atoms with van der Waals surface area (Å²) in [5.41, 5.74) is 0.586. The zero-order chi connectivity index (χ0) is 22.6. The van der Waals surface area contributed by atoms with Gasteiger partial charge in [0.25, 0.3) is 0 Å². The molecule has 1 aliphatic heterocycles. The molecule has 32 heavy (non-hydrogen) atoms. The van der Waals surface area contributed by atoms with Crippen LogP contribution >= 0.6 is 23.1 Å². The van der Waals surface area contributed by atoms with Crippen LogP contribution in [0.15, 0.2) is 55.1 Å². The molecular weight excluding hydrogens is 449 g/mol. The quantitative estimate of drug-likeness (QED) is 0.389. The highest BCUT2D eigenvalue weighted by Gasteiger charge is 2.41. The predicted molar refractivity (Wildman–Crippen MR) is 128 cm³/mol. The number of carbonyl (C=O) groups excluding carboxylic acids is 1. The van der Waals surface area contributed by atoms with Crippen LogP contribution in [0.2, 0.25) is 5.02 Å². The zero-order valence-electron chi connectivity index (χ0n) is 17.2. The molecule has 1 aliphatic rings. The molecule has 1 saturated heterocycles. The van der Waals surface area contributed by atoms with Crippen molar-refractivity contribution >= 4 is 55.7 Å². The molecule has 5 nitrogen and oxygen atoms in total. The number of nitrogens with zero attached hydrogens (tertiary/aromatic N) is 2. The molecule has 0 atom stereocenters. The van der Waals surface area contributed by atoms with Gasteiger partial charge >= 0.3 is 0 Å². The molecule has 0 bridgehead atoms. The van der Waals surface area contributed by atoms with E-state index in [4.69, 9.17) is 11.6 Å². The third kappa shape index (κ3) is 3.29. The van der Waals surface area contributed by atoms with Crippen LogP contribution < -0.4 is 10.2 Å². The maximum Gasteiger partial charge on any atom is 0.243 e. The number of halogens is 2. The van der Waals surface area contributed by atoms with Gasteiger partial charge in [-0.05, 0) is 59.1 Å². The molecule has 4 aromatic rings. The van der Waals surface area contributed by atoms with E-state index in [1.807, 2.05) is 36.1 Å². The number of hydrogen-bond acceptors (Lipinski definition) is 5. The molecule has 2 heterocycles. The first kappa shape index (κ1) is 20.7. The molecule has 0 radical (unpaired) electrons. The largest absolute Gasteiger partial charge is 0.508 e. The van der Waals surface area contributed by atoms with E-state index in [2.05, 4.69) is 16.3 Å². The van der Waals surface area contributed by atoms with Crippen molar-refractivity contribution in [1.29, 1.82) is 0 Å². The number of rotatable bonds is 4. The number of phenols is 1. The minimum Gasteiger partial charge on any atom is -0.508 e. The van der Waals surface area contributed by atoms with E-state index < -0.39 is 5.82 Å². The van der Waals surface area contributed by atoms with E-state index in [0.717, 1.165) is 15.8 Å². The summed E-state index contributed by atoms with van der Waals surface area (Å²) in [5, 5.41) is 16.4. The van der Waals surface area contributed by atoms with Crippen molar-refractivity contribution in [2.45, 2.75) is 12.5 Å². The van der Waals surface area contributed by atoms with E-state index in [9.17, 15) is 9.90 Å². The van der Waals surface area contributed by atoms with Crippen molar-refractivity contribution in [1.82, 2.24) is 9.69 Å². The molecule has 0 unspecified atom stereocenters. The second-order valence-electron chi connectivity index (χ2n) is 8.26. The molecule has 5 rings (SSSR count). The van der Waals surface area contributed by atoms with Crippen molar-refractivity contribution in [3.8, 4) is 16.9 Å². The Kier molecular flexibility index (Phi) is 4.83. The lowest BCUT2D eigenvalue weighted by molar-refractivity contribution is -0.118. The molecule has 1 aromatic heterocycles. The van der Waals surface area contributed by atoms with Gasteiger partial charge < -0.3 is 15.3 Å². The highest BCUT2D eigenvalue weighted by atomic mass is 35.5. The van der Waals surface area contributed by atoms with E-state index in [-0.39, 0.29) is 33.3 Å². The van der Waals surface area contributed by atoms with Crippen LogP contribution in [0.25, 0.3) is 32.8 Å². The molecular formula is C24H19ClFN3O2S. The number of aromatic nitrogens is 1. The van der Waals surface area contributed by atoms with Crippen LogP contribution in [0, 0.1) is 5.82 Å². The molecule has 1 fully saturated rings. The van der Waals surface area contributed by atoms with Crippen molar-refractivity contribution in [2.24, 2.45) is 0 Å². The molecule has 162 valence electrons. The third-order valence-corrected chi connectivity index (χ3v) is 6.96. The Bertz CT molecular complexity index is 1410. The molecule has 0 saturated carbocycles. The lowest BCUT2D eigenvalue weighted by Crippen LogP contribution is -2.68. The minimum atomic E-state index is -0.519. The van der Waals surface area contributed by atoms with Crippen molar-refractivity contribution in [3.63, 3.8) is 0 Å². The predicted octanol–water partition coefficient (Wildman–Crippen LogP) is 5.50. The van der Waals surface area contributed by atoms with Gasteiger partial charge in [-0.1, -0.05) is 42.4 Å². The van der Waals surface area contributed by atoms with Crippen LogP contribution in [0.5, 0.6) is 5.75 Å². The average Bonchev–Trinajstić information content (AvgIpc) is 3.15. The number of fused-ring (bicyclic) bond motifs is 2. The Balaban J connectivity index is 1.57. The van der Waals surface area contributed by atoms with E-state index >= 15 is 4.39 Å². The maximum absolute atomic E-state index is 15.7. The molecule has 2 N–H and O–H groups in total. The first-order valence-electron chi connectivity index (χ1n) is 9.99. The van der Waals surface area contributed by atoms with Gasteiger partial charge in [0, 0.05) is 24.0 Å². The minimum absolute atomic E-state index is 0.0367. The van der Waals surface area contributed by atoms with Crippen LogP contribution in [0.3, 0.4) is 0 Å². The lowest BCUT2D eigenvalue weighted by atomic mass is 9.92. The standard InChI is InChI=1S/C24H19ClFN3O2S/c1-3-19(31)27-24(2)11-29(12-24)23-17-10-18(25)20(21(26)22(17)28-32-23)16-9-14(30)8-13-6-4-5-7-15(13)16/h3-10,30H,1,11-12H2,2H3,(H,27,31). The number of benzene rings is 3. The number of nitrogens with one attached hydrogen (secondary N) is 1. The zero-order valence-corrected chi connectivity index (χ0v) is 18.7. The Morgan fingerprint density at radius 3 is 2.81 bits per heavy atom. The summed E-state index contributed by atoms with van der Waals surface area (Å²) in [6.07, 6.45) is 1.25. The summed E-state index contributed by atoms with van der Waals surface area (Å²) in [6, 6.07) is 12.3. The van der Waals surface area contributed by atoms with Gasteiger partial charge in [0.2, 0.25) is 5.91 Å². The van der Waals surface area contributed by atoms with Crippen LogP contribution in [-0.4, -0.2) is 34.0 Å². The Labute approximate surface area is 192 Å². The van der Waals surface area contributed by atoms with Gasteiger partial charge in [0.05, 0.1) is 10.6 Å². The molecule has 1 amide bonds. The summed E-state index contributed by atoms with van der Waals surface area (Å²) in [4.78, 5) is 13.7. The summed E-state index contributed by atoms with van der Waals surface area (Å²) in [5.74, 6) is -0.706. The van der Waals surface area contributed by atoms with Gasteiger partial charge in [-0.15, -0.1) is 0 Å². The van der Waals surface area contributed by atoms with Crippen LogP contribution in [-0.2, 0) is 4.79 Å². The van der Waals surface area contributed by atoms with Crippen molar-refractivity contribution in [2.75, 3.05) is 18.0 Å². The number of aromatic hydroxyl groups is 1. The van der Waals surface area contributed by atoms with Crippen LogP contribution in [0.4, 0.5) is 9.39 Å². The topological polar surface area (TPSA) is 65.5 Å². The first-order chi connectivity index (χ1) is 15.3. The Morgan fingerprint density at radius 1 is 1.31 bits per heavy atom. The fraction of sp³-hybridized carbons (Fsp3) is 0.167. The van der Waals surface area contributed by atoms with Crippen LogP contribution in [0.1, 0.15) is 6.92 Å². The average molecular weight is 468 g/mol. The number of phenolic OH excluding ortho intramolecular Hbond substituents is 1.